The molecule has 0 fully saturated rings. The Balaban J connectivity index is 1.59. The van der Waals surface area contributed by atoms with Crippen molar-refractivity contribution in [3.63, 3.8) is 0 Å². The number of hydrogen-bond acceptors (Lipinski definition) is 8. The summed E-state index contributed by atoms with van der Waals surface area (Å²) < 4.78 is 0. The molecule has 0 radical (unpaired) electrons. The lowest BCUT2D eigenvalue weighted by molar-refractivity contribution is -0.115. The minimum Gasteiger partial charge on any atom is -0.300 e. The van der Waals surface area contributed by atoms with Gasteiger partial charge in [-0.05, 0) is 42.9 Å². The van der Waals surface area contributed by atoms with Crippen LogP contribution in [0.25, 0.3) is 21.3 Å². The molecular formula is C24H27N5OS3. The molecule has 0 saturated heterocycles. The first-order chi connectivity index (χ1) is 15.9. The Morgan fingerprint density at radius 2 is 1.97 bits per heavy atom. The molecule has 3 aromatic heterocycles. The standard InChI is InChI=1S/C24H27N5OS3/c1-6-18(21(30)27-24-29-28-19(33-24)9-13(2)3)32-23-20-17(11-31-22(20)25-12-26-23)16-8-7-14(4)15(5)10-16/h7-8,10-13,18H,6,9H2,1-5H3,(H,27,29,30). The summed E-state index contributed by atoms with van der Waals surface area (Å²) in [4.78, 5) is 23.0. The summed E-state index contributed by atoms with van der Waals surface area (Å²) in [6.07, 6.45) is 3.11. The average molecular weight is 498 g/mol. The molecule has 3 heterocycles. The monoisotopic (exact) mass is 497 g/mol. The number of hydrogen-bond donors (Lipinski definition) is 1. The second-order valence-electron chi connectivity index (χ2n) is 8.41. The van der Waals surface area contributed by atoms with E-state index in [1.807, 2.05) is 6.92 Å². The third-order valence-corrected chi connectivity index (χ3v) is 8.46. The van der Waals surface area contributed by atoms with Crippen molar-refractivity contribution in [2.24, 2.45) is 5.92 Å². The number of thioether (sulfide) groups is 1. The number of aryl methyl sites for hydroxylation is 2. The highest BCUT2D eigenvalue weighted by Gasteiger charge is 2.23. The summed E-state index contributed by atoms with van der Waals surface area (Å²) in [7, 11) is 0. The molecule has 1 unspecified atom stereocenters. The fourth-order valence-electron chi connectivity index (χ4n) is 3.44. The van der Waals surface area contributed by atoms with Crippen LogP contribution in [0, 0.1) is 19.8 Å². The van der Waals surface area contributed by atoms with E-state index in [-0.39, 0.29) is 11.2 Å². The molecule has 0 bridgehead atoms. The maximum absolute atomic E-state index is 13.1. The lowest BCUT2D eigenvalue weighted by Gasteiger charge is -2.14. The summed E-state index contributed by atoms with van der Waals surface area (Å²) in [6.45, 7) is 10.5. The molecule has 6 nitrogen and oxygen atoms in total. The van der Waals surface area contributed by atoms with Gasteiger partial charge in [-0.25, -0.2) is 9.97 Å². The molecular weight excluding hydrogens is 470 g/mol. The zero-order chi connectivity index (χ0) is 23.5. The summed E-state index contributed by atoms with van der Waals surface area (Å²) in [6, 6.07) is 6.48. The molecule has 0 aliphatic carbocycles. The predicted octanol–water partition coefficient (Wildman–Crippen LogP) is 6.53. The molecule has 0 aliphatic rings. The summed E-state index contributed by atoms with van der Waals surface area (Å²) >= 11 is 4.53. The Morgan fingerprint density at radius 3 is 2.70 bits per heavy atom. The number of benzene rings is 1. The topological polar surface area (TPSA) is 80.7 Å². The largest absolute Gasteiger partial charge is 0.300 e. The van der Waals surface area contributed by atoms with Crippen molar-refractivity contribution in [2.45, 2.75) is 57.7 Å². The number of carbonyl (C=O) groups is 1. The molecule has 9 heteroatoms. The second kappa shape index (κ2) is 10.3. The Morgan fingerprint density at radius 1 is 1.15 bits per heavy atom. The Hall–Kier alpha value is -2.36. The van der Waals surface area contributed by atoms with Crippen molar-refractivity contribution < 1.29 is 4.79 Å². The highest BCUT2D eigenvalue weighted by Crippen LogP contribution is 2.40. The van der Waals surface area contributed by atoms with E-state index in [4.69, 9.17) is 0 Å². The number of nitrogens with one attached hydrogen (secondary N) is 1. The lowest BCUT2D eigenvalue weighted by atomic mass is 10.0. The van der Waals surface area contributed by atoms with E-state index in [9.17, 15) is 4.79 Å². The number of amides is 1. The number of thiophene rings is 1. The average Bonchev–Trinajstić information content (AvgIpc) is 3.40. The third-order valence-electron chi connectivity index (χ3n) is 5.35. The van der Waals surface area contributed by atoms with Crippen molar-refractivity contribution >= 4 is 55.7 Å². The van der Waals surface area contributed by atoms with E-state index in [2.05, 4.69) is 76.8 Å². The van der Waals surface area contributed by atoms with Crippen molar-refractivity contribution in [2.75, 3.05) is 5.32 Å². The van der Waals surface area contributed by atoms with Crippen LogP contribution in [-0.2, 0) is 11.2 Å². The van der Waals surface area contributed by atoms with E-state index in [1.54, 1.807) is 17.7 Å². The highest BCUT2D eigenvalue weighted by atomic mass is 32.2. The van der Waals surface area contributed by atoms with E-state index in [0.29, 0.717) is 17.5 Å². The van der Waals surface area contributed by atoms with Gasteiger partial charge in [0.1, 0.15) is 21.2 Å². The van der Waals surface area contributed by atoms with Gasteiger partial charge in [-0.2, -0.15) is 0 Å². The molecule has 1 aromatic carbocycles. The van der Waals surface area contributed by atoms with Crippen molar-refractivity contribution in [3.05, 3.63) is 46.0 Å². The smallest absolute Gasteiger partial charge is 0.239 e. The molecule has 0 spiro atoms. The molecule has 0 aliphatic heterocycles. The number of aromatic nitrogens is 4. The van der Waals surface area contributed by atoms with Gasteiger partial charge < -0.3 is 0 Å². The van der Waals surface area contributed by atoms with Crippen LogP contribution in [0.2, 0.25) is 0 Å². The number of nitrogens with zero attached hydrogens (tertiary/aromatic N) is 4. The Kier molecular flexibility index (Phi) is 7.41. The Labute approximate surface area is 206 Å². The molecule has 4 rings (SSSR count). The first kappa shape index (κ1) is 23.8. The van der Waals surface area contributed by atoms with Crippen LogP contribution in [0.1, 0.15) is 43.3 Å². The van der Waals surface area contributed by atoms with E-state index < -0.39 is 0 Å². The fourth-order valence-corrected chi connectivity index (χ4v) is 6.41. The normalized spacial score (nSPS) is 12.4. The van der Waals surface area contributed by atoms with E-state index in [1.165, 1.54) is 34.2 Å². The van der Waals surface area contributed by atoms with E-state index >= 15 is 0 Å². The SMILES string of the molecule is CCC(Sc1ncnc2scc(-c3ccc(C)c(C)c3)c12)C(=O)Nc1nnc(CC(C)C)s1. The quantitative estimate of drug-likeness (QED) is 0.220. The lowest BCUT2D eigenvalue weighted by Crippen LogP contribution is -2.24. The molecule has 4 aromatic rings. The van der Waals surface area contributed by atoms with Gasteiger partial charge in [-0.1, -0.05) is 62.1 Å². The van der Waals surface area contributed by atoms with Gasteiger partial charge in [0.05, 0.1) is 10.6 Å². The van der Waals surface area contributed by atoms with Gasteiger partial charge >= 0.3 is 0 Å². The van der Waals surface area contributed by atoms with Crippen LogP contribution in [0.5, 0.6) is 0 Å². The highest BCUT2D eigenvalue weighted by molar-refractivity contribution is 8.00. The first-order valence-electron chi connectivity index (χ1n) is 11.0. The van der Waals surface area contributed by atoms with Crippen LogP contribution < -0.4 is 5.32 Å². The molecule has 33 heavy (non-hydrogen) atoms. The maximum atomic E-state index is 13.1. The minimum absolute atomic E-state index is 0.0792. The van der Waals surface area contributed by atoms with Gasteiger partial charge in [0.15, 0.2) is 0 Å². The van der Waals surface area contributed by atoms with Crippen LogP contribution in [0.4, 0.5) is 5.13 Å². The van der Waals surface area contributed by atoms with Crippen LogP contribution >= 0.6 is 34.4 Å². The third kappa shape index (κ3) is 5.42. The zero-order valence-corrected chi connectivity index (χ0v) is 21.8. The molecule has 0 saturated carbocycles. The molecule has 1 amide bonds. The van der Waals surface area contributed by atoms with E-state index in [0.717, 1.165) is 37.8 Å². The summed E-state index contributed by atoms with van der Waals surface area (Å²) in [5, 5.41) is 16.5. The number of rotatable bonds is 8. The van der Waals surface area contributed by atoms with Crippen molar-refractivity contribution in [1.82, 2.24) is 20.2 Å². The molecule has 1 N–H and O–H groups in total. The minimum atomic E-state index is -0.298. The molecule has 172 valence electrons. The van der Waals surface area contributed by atoms with Crippen LogP contribution in [0.3, 0.4) is 0 Å². The van der Waals surface area contributed by atoms with Crippen molar-refractivity contribution in [1.29, 1.82) is 0 Å². The Bertz CT molecular complexity index is 1280. The first-order valence-corrected chi connectivity index (χ1v) is 13.5. The summed E-state index contributed by atoms with van der Waals surface area (Å²) in [5.41, 5.74) is 4.77. The fraction of sp³-hybridized carbons (Fsp3) is 0.375. The van der Waals surface area contributed by atoms with Gasteiger partial charge in [0.25, 0.3) is 0 Å². The van der Waals surface area contributed by atoms with Gasteiger partial charge in [-0.3, -0.25) is 10.1 Å². The molecule has 1 atom stereocenters. The number of carbonyl (C=O) groups excluding carboxylic acids is 1. The number of anilines is 1. The second-order valence-corrected chi connectivity index (χ2v) is 11.5. The maximum Gasteiger partial charge on any atom is 0.239 e. The van der Waals surface area contributed by atoms with Gasteiger partial charge in [-0.15, -0.1) is 21.5 Å². The predicted molar refractivity (Wildman–Crippen MR) is 139 cm³/mol. The van der Waals surface area contributed by atoms with Gasteiger partial charge in [0, 0.05) is 17.4 Å². The van der Waals surface area contributed by atoms with Crippen LogP contribution in [-0.4, -0.2) is 31.3 Å². The van der Waals surface area contributed by atoms with Crippen molar-refractivity contribution in [3.8, 4) is 11.1 Å². The summed E-state index contributed by atoms with van der Waals surface area (Å²) in [5.74, 6) is 0.419. The zero-order valence-electron chi connectivity index (χ0n) is 19.4. The van der Waals surface area contributed by atoms with Crippen LogP contribution in [0.15, 0.2) is 34.9 Å². The van der Waals surface area contributed by atoms with Gasteiger partial charge in [0.2, 0.25) is 11.0 Å². The number of fused-ring (bicyclic) bond motifs is 1.